The number of H-pyrrole nitrogens is 1. The molecular formula is C36H51NO4. The predicted octanol–water partition coefficient (Wildman–Crippen LogP) is 10.8. The van der Waals surface area contributed by atoms with Crippen LogP contribution in [0, 0.1) is 0 Å². The van der Waals surface area contributed by atoms with E-state index in [0.717, 1.165) is 34.9 Å². The van der Waals surface area contributed by atoms with Crippen molar-refractivity contribution in [3.8, 4) is 5.88 Å². The second kappa shape index (κ2) is 19.1. The molecule has 1 unspecified atom stereocenters. The number of ether oxygens (including phenoxy) is 1. The molecule has 3 aromatic rings. The molecule has 0 amide bonds. The second-order valence-electron chi connectivity index (χ2n) is 11.5. The molecule has 224 valence electrons. The van der Waals surface area contributed by atoms with Gasteiger partial charge in [-0.2, -0.15) is 0 Å². The highest BCUT2D eigenvalue weighted by Crippen LogP contribution is 2.33. The number of Topliss-reactive ketones (excluding diaryl/α,β-unsaturated/α-hetero) is 1. The van der Waals surface area contributed by atoms with Crippen molar-refractivity contribution in [1.82, 2.24) is 4.98 Å². The number of carbonyl (C=O) groups excluding carboxylic acids is 1. The van der Waals surface area contributed by atoms with Gasteiger partial charge < -0.3 is 14.8 Å². The Kier molecular flexibility index (Phi) is 15.1. The molecule has 0 radical (unpaired) electrons. The molecule has 5 nitrogen and oxygen atoms in total. The summed E-state index contributed by atoms with van der Waals surface area (Å²) in [6.07, 6.45) is 20.0. The predicted molar refractivity (Wildman–Crippen MR) is 169 cm³/mol. The Morgan fingerprint density at radius 3 is 1.85 bits per heavy atom. The van der Waals surface area contributed by atoms with Crippen molar-refractivity contribution in [2.75, 3.05) is 0 Å². The van der Waals surface area contributed by atoms with E-state index < -0.39 is 6.16 Å². The average Bonchev–Trinajstić information content (AvgIpc) is 3.32. The first kappa shape index (κ1) is 32.4. The normalized spacial score (nSPS) is 12.0. The van der Waals surface area contributed by atoms with Crippen molar-refractivity contribution in [3.63, 3.8) is 0 Å². The maximum Gasteiger partial charge on any atom is 0.512 e. The number of hydrogen-bond acceptors (Lipinski definition) is 3. The van der Waals surface area contributed by atoms with Crippen LogP contribution in [0.3, 0.4) is 0 Å². The number of hydrogen-bond donors (Lipinski definition) is 2. The van der Waals surface area contributed by atoms with Gasteiger partial charge in [0, 0.05) is 28.8 Å². The Bertz CT molecular complexity index is 1150. The van der Waals surface area contributed by atoms with Crippen molar-refractivity contribution < 1.29 is 19.4 Å². The van der Waals surface area contributed by atoms with Gasteiger partial charge in [0.1, 0.15) is 5.78 Å². The van der Waals surface area contributed by atoms with Crippen LogP contribution in [-0.4, -0.2) is 22.0 Å². The molecule has 2 aromatic carbocycles. The van der Waals surface area contributed by atoms with Gasteiger partial charge in [-0.1, -0.05) is 145 Å². The molecule has 1 aromatic heterocycles. The van der Waals surface area contributed by atoms with Crippen LogP contribution in [0.5, 0.6) is 5.88 Å². The first-order chi connectivity index (χ1) is 20.1. The lowest BCUT2D eigenvalue weighted by molar-refractivity contribution is -0.120. The topological polar surface area (TPSA) is 79.4 Å². The Labute approximate surface area is 247 Å². The largest absolute Gasteiger partial charge is 0.512 e. The van der Waals surface area contributed by atoms with E-state index in [1.54, 1.807) is 0 Å². The number of nitrogens with one attached hydrogen (secondary N) is 1. The van der Waals surface area contributed by atoms with Crippen LogP contribution in [0.2, 0.25) is 0 Å². The molecule has 1 atom stereocenters. The smallest absolute Gasteiger partial charge is 0.449 e. The standard InChI is InChI=1S/C36H51NO4/c1-2-3-4-5-6-7-8-9-10-11-12-13-14-15-19-26-34(38)30(29-22-17-16-18-23-29)27-28-32-31-24-20-21-25-33(31)37-35(32)41-36(39)40/h16-18,20-25,30,37H,2-15,19,26-28H2,1H3,(H,39,40). The summed E-state index contributed by atoms with van der Waals surface area (Å²) in [5.74, 6) is 0.306. The van der Waals surface area contributed by atoms with Gasteiger partial charge in [-0.05, 0) is 30.9 Å². The molecule has 0 aliphatic rings. The third-order valence-electron chi connectivity index (χ3n) is 8.26. The summed E-state index contributed by atoms with van der Waals surface area (Å²) in [7, 11) is 0. The van der Waals surface area contributed by atoms with E-state index in [1.807, 2.05) is 54.6 Å². The van der Waals surface area contributed by atoms with Crippen LogP contribution in [0.25, 0.3) is 10.9 Å². The van der Waals surface area contributed by atoms with Crippen LogP contribution in [0.1, 0.15) is 133 Å². The highest BCUT2D eigenvalue weighted by atomic mass is 16.7. The number of ketones is 1. The van der Waals surface area contributed by atoms with E-state index in [0.29, 0.717) is 19.3 Å². The van der Waals surface area contributed by atoms with E-state index in [9.17, 15) is 14.7 Å². The Hall–Kier alpha value is -3.08. The van der Waals surface area contributed by atoms with Crippen LogP contribution >= 0.6 is 0 Å². The molecule has 0 aliphatic carbocycles. The Morgan fingerprint density at radius 1 is 0.732 bits per heavy atom. The van der Waals surface area contributed by atoms with Crippen molar-refractivity contribution in [2.24, 2.45) is 0 Å². The number of aryl methyl sites for hydroxylation is 1. The summed E-state index contributed by atoms with van der Waals surface area (Å²) in [5.41, 5.74) is 2.67. The SMILES string of the molecule is CCCCCCCCCCCCCCCCCC(=O)C(CCc1c(OC(=O)O)[nH]c2ccccc12)c1ccccc1. The van der Waals surface area contributed by atoms with Crippen LogP contribution in [0.4, 0.5) is 4.79 Å². The summed E-state index contributed by atoms with van der Waals surface area (Å²) in [4.78, 5) is 27.8. The summed E-state index contributed by atoms with van der Waals surface area (Å²) in [6, 6.07) is 17.7. The third-order valence-corrected chi connectivity index (χ3v) is 8.26. The van der Waals surface area contributed by atoms with Crippen LogP contribution < -0.4 is 4.74 Å². The summed E-state index contributed by atoms with van der Waals surface area (Å²) < 4.78 is 5.07. The van der Waals surface area contributed by atoms with E-state index in [4.69, 9.17) is 4.74 Å². The van der Waals surface area contributed by atoms with Crippen LogP contribution in [-0.2, 0) is 11.2 Å². The molecule has 0 aliphatic heterocycles. The fourth-order valence-corrected chi connectivity index (χ4v) is 5.93. The fraction of sp³-hybridized carbons (Fsp3) is 0.556. The van der Waals surface area contributed by atoms with Gasteiger partial charge in [0.15, 0.2) is 0 Å². The zero-order valence-corrected chi connectivity index (χ0v) is 25.2. The van der Waals surface area contributed by atoms with Gasteiger partial charge in [0.2, 0.25) is 5.88 Å². The van der Waals surface area contributed by atoms with Crippen LogP contribution in [0.15, 0.2) is 54.6 Å². The number of rotatable bonds is 22. The monoisotopic (exact) mass is 561 g/mol. The fourth-order valence-electron chi connectivity index (χ4n) is 5.93. The van der Waals surface area contributed by atoms with Gasteiger partial charge in [-0.3, -0.25) is 4.79 Å². The molecular weight excluding hydrogens is 510 g/mol. The maximum absolute atomic E-state index is 13.4. The molecule has 1 heterocycles. The molecule has 0 bridgehead atoms. The third kappa shape index (κ3) is 11.7. The quantitative estimate of drug-likeness (QED) is 0.0944. The first-order valence-corrected chi connectivity index (χ1v) is 16.2. The molecule has 41 heavy (non-hydrogen) atoms. The van der Waals surface area contributed by atoms with Crippen molar-refractivity contribution in [1.29, 1.82) is 0 Å². The average molecular weight is 562 g/mol. The number of para-hydroxylation sites is 1. The Morgan fingerprint density at radius 2 is 1.27 bits per heavy atom. The lowest BCUT2D eigenvalue weighted by Gasteiger charge is -2.17. The van der Waals surface area contributed by atoms with E-state index in [1.165, 1.54) is 83.5 Å². The zero-order valence-electron chi connectivity index (χ0n) is 25.2. The molecule has 3 rings (SSSR count). The van der Waals surface area contributed by atoms with Gasteiger partial charge >= 0.3 is 6.16 Å². The molecule has 0 saturated carbocycles. The summed E-state index contributed by atoms with van der Waals surface area (Å²) in [5, 5.41) is 10.2. The zero-order chi connectivity index (χ0) is 29.1. The van der Waals surface area contributed by atoms with Gasteiger partial charge in [0.25, 0.3) is 0 Å². The molecule has 0 spiro atoms. The number of carboxylic acid groups (broad SMARTS) is 1. The molecule has 5 heteroatoms. The first-order valence-electron chi connectivity index (χ1n) is 16.2. The van der Waals surface area contributed by atoms with Gasteiger partial charge in [-0.25, -0.2) is 4.79 Å². The maximum atomic E-state index is 13.4. The van der Waals surface area contributed by atoms with Gasteiger partial charge in [0.05, 0.1) is 0 Å². The Balaban J connectivity index is 1.39. The van der Waals surface area contributed by atoms with E-state index in [2.05, 4.69) is 11.9 Å². The van der Waals surface area contributed by atoms with Crippen molar-refractivity contribution >= 4 is 22.8 Å². The number of carbonyl (C=O) groups is 2. The second-order valence-corrected chi connectivity index (χ2v) is 11.5. The molecule has 0 fully saturated rings. The minimum Gasteiger partial charge on any atom is -0.449 e. The summed E-state index contributed by atoms with van der Waals surface area (Å²) >= 11 is 0. The summed E-state index contributed by atoms with van der Waals surface area (Å²) in [6.45, 7) is 2.27. The molecule has 2 N–H and O–H groups in total. The van der Waals surface area contributed by atoms with E-state index in [-0.39, 0.29) is 17.6 Å². The highest BCUT2D eigenvalue weighted by molar-refractivity contribution is 5.88. The number of fused-ring (bicyclic) bond motifs is 1. The minimum absolute atomic E-state index is 0.214. The lowest BCUT2D eigenvalue weighted by atomic mass is 9.86. The van der Waals surface area contributed by atoms with Crippen molar-refractivity contribution in [3.05, 3.63) is 65.7 Å². The molecule has 0 saturated heterocycles. The van der Waals surface area contributed by atoms with Crippen molar-refractivity contribution in [2.45, 2.75) is 128 Å². The van der Waals surface area contributed by atoms with E-state index >= 15 is 0 Å². The lowest BCUT2D eigenvalue weighted by Crippen LogP contribution is -2.14. The van der Waals surface area contributed by atoms with Gasteiger partial charge in [-0.15, -0.1) is 0 Å². The number of unbranched alkanes of at least 4 members (excludes halogenated alkanes) is 14. The number of aromatic amines is 1. The minimum atomic E-state index is -1.35. The highest BCUT2D eigenvalue weighted by Gasteiger charge is 2.23. The number of aromatic nitrogens is 1. The number of benzene rings is 2.